The van der Waals surface area contributed by atoms with Gasteiger partial charge in [0.2, 0.25) is 0 Å². The van der Waals surface area contributed by atoms with E-state index in [1.807, 2.05) is 30.3 Å². The number of aryl methyl sites for hydroxylation is 1. The van der Waals surface area contributed by atoms with Crippen LogP contribution in [0.5, 0.6) is 0 Å². The van der Waals surface area contributed by atoms with Crippen LogP contribution < -0.4 is 26.9 Å². The molecule has 0 aliphatic carbocycles. The van der Waals surface area contributed by atoms with Crippen molar-refractivity contribution >= 4 is 23.3 Å². The Morgan fingerprint density at radius 2 is 1.88 bits per heavy atom. The fourth-order valence-corrected chi connectivity index (χ4v) is 5.07. The molecule has 1 aromatic carbocycles. The van der Waals surface area contributed by atoms with Crippen molar-refractivity contribution in [3.8, 4) is 11.8 Å². The number of alkyl halides is 3. The van der Waals surface area contributed by atoms with E-state index in [4.69, 9.17) is 10.6 Å². The highest BCUT2D eigenvalue weighted by Gasteiger charge is 2.51. The molecule has 2 aliphatic rings. The normalized spacial score (nSPS) is 19.0. The number of anilines is 2. The van der Waals surface area contributed by atoms with Crippen molar-refractivity contribution in [2.45, 2.75) is 57.7 Å². The number of hydrogen-bond donors (Lipinski definition) is 1. The molecule has 0 radical (unpaired) electrons. The third kappa shape index (κ3) is 6.31. The topological polar surface area (TPSA) is 123 Å². The summed E-state index contributed by atoms with van der Waals surface area (Å²) >= 11 is 0. The summed E-state index contributed by atoms with van der Waals surface area (Å²) in [5, 5.41) is 0.630. The van der Waals surface area contributed by atoms with E-state index in [0.717, 1.165) is 14.7 Å². The number of halogens is 3. The zero-order chi connectivity index (χ0) is 29.9. The molecule has 14 heteroatoms. The summed E-state index contributed by atoms with van der Waals surface area (Å²) in [6.07, 6.45) is -4.86. The fraction of sp³-hybridized carbons (Fsp3) is 0.481. The minimum atomic E-state index is -5.35. The Labute approximate surface area is 233 Å². The Kier molecular flexibility index (Phi) is 8.89. The molecule has 0 bridgehead atoms. The van der Waals surface area contributed by atoms with Gasteiger partial charge in [0.25, 0.3) is 5.56 Å². The maximum absolute atomic E-state index is 13.8. The van der Waals surface area contributed by atoms with Crippen LogP contribution >= 0.6 is 0 Å². The number of aromatic nitrogens is 2. The SMILES string of the molecule is CC#CCN1c2c(n(C)c(=O)n(CC(=O)CCc3ccccc3)c2=O)N(OC(=O)C(F)(F)F)C1N1CCC[C@@H](N)C1. The average molecular weight is 577 g/mol. The number of nitrogens with zero attached hydrogens (tertiary/aromatic N) is 5. The zero-order valence-electron chi connectivity index (χ0n) is 22.7. The van der Waals surface area contributed by atoms with Crippen LogP contribution in [-0.2, 0) is 34.4 Å². The summed E-state index contributed by atoms with van der Waals surface area (Å²) in [4.78, 5) is 59.9. The Morgan fingerprint density at radius 3 is 2.51 bits per heavy atom. The van der Waals surface area contributed by atoms with Crippen LogP contribution in [0, 0.1) is 11.8 Å². The molecular weight excluding hydrogens is 545 g/mol. The number of likely N-dealkylation sites (tertiary alicyclic amines) is 1. The van der Waals surface area contributed by atoms with Gasteiger partial charge in [-0.3, -0.25) is 23.6 Å². The van der Waals surface area contributed by atoms with Crippen molar-refractivity contribution in [1.82, 2.24) is 14.0 Å². The molecule has 0 spiro atoms. The Morgan fingerprint density at radius 1 is 1.17 bits per heavy atom. The zero-order valence-corrected chi connectivity index (χ0v) is 22.7. The van der Waals surface area contributed by atoms with E-state index in [0.29, 0.717) is 30.9 Å². The standard InChI is InChI=1S/C27H31F3N6O5/c1-3-4-15-34-21-22(36(41-24(39)27(28,29)30)25(34)33-14-8-11-19(31)16-33)32(2)26(40)35(23(21)38)17-20(37)13-12-18-9-6-5-7-10-18/h5-7,9-10,19,25H,8,11-17,31H2,1-2H3/t19-,25?/m1/s1. The van der Waals surface area contributed by atoms with Crippen molar-refractivity contribution in [2.24, 2.45) is 12.8 Å². The maximum atomic E-state index is 13.8. The van der Waals surface area contributed by atoms with Crippen LogP contribution in [0.25, 0.3) is 0 Å². The molecule has 2 aromatic rings. The van der Waals surface area contributed by atoms with Gasteiger partial charge in [-0.1, -0.05) is 36.3 Å². The maximum Gasteiger partial charge on any atom is 0.493 e. The second-order valence-corrected chi connectivity index (χ2v) is 9.93. The van der Waals surface area contributed by atoms with E-state index in [9.17, 15) is 32.3 Å². The minimum absolute atomic E-state index is 0.0608. The number of Topliss-reactive ketones (excluding diaryl/α,β-unsaturated/α-hetero) is 1. The molecule has 4 rings (SSSR count). The highest BCUT2D eigenvalue weighted by atomic mass is 19.4. The van der Waals surface area contributed by atoms with Gasteiger partial charge < -0.3 is 15.5 Å². The quantitative estimate of drug-likeness (QED) is 0.461. The molecule has 1 aromatic heterocycles. The van der Waals surface area contributed by atoms with E-state index in [-0.39, 0.29) is 42.8 Å². The molecule has 2 aliphatic heterocycles. The number of rotatable bonds is 8. The van der Waals surface area contributed by atoms with Crippen LogP contribution in [0.2, 0.25) is 0 Å². The number of nitrogens with two attached hydrogens (primary N) is 1. The third-order valence-electron chi connectivity index (χ3n) is 7.00. The van der Waals surface area contributed by atoms with Crippen LogP contribution in [0.1, 0.15) is 31.7 Å². The smallest absolute Gasteiger partial charge is 0.327 e. The van der Waals surface area contributed by atoms with Gasteiger partial charge in [-0.25, -0.2) is 9.59 Å². The average Bonchev–Trinajstić information content (AvgIpc) is 3.25. The molecule has 0 amide bonds. The highest BCUT2D eigenvalue weighted by molar-refractivity contribution is 5.81. The van der Waals surface area contributed by atoms with E-state index in [1.165, 1.54) is 11.9 Å². The van der Waals surface area contributed by atoms with Crippen molar-refractivity contribution in [2.75, 3.05) is 29.6 Å². The number of ketones is 1. The van der Waals surface area contributed by atoms with Gasteiger partial charge in [0.1, 0.15) is 0 Å². The molecule has 0 saturated carbocycles. The number of hydrogen-bond acceptors (Lipinski definition) is 9. The first kappa shape index (κ1) is 29.9. The van der Waals surface area contributed by atoms with E-state index in [1.54, 1.807) is 11.8 Å². The number of piperidine rings is 1. The predicted octanol–water partition coefficient (Wildman–Crippen LogP) is 1.13. The lowest BCUT2D eigenvalue weighted by Gasteiger charge is -2.41. The lowest BCUT2D eigenvalue weighted by molar-refractivity contribution is -0.203. The summed E-state index contributed by atoms with van der Waals surface area (Å²) in [6.45, 7) is 1.45. The highest BCUT2D eigenvalue weighted by Crippen LogP contribution is 2.39. The van der Waals surface area contributed by atoms with Crippen LogP contribution in [-0.4, -0.2) is 63.9 Å². The van der Waals surface area contributed by atoms with Gasteiger partial charge >= 0.3 is 17.8 Å². The molecule has 1 fully saturated rings. The third-order valence-corrected chi connectivity index (χ3v) is 7.00. The summed E-state index contributed by atoms with van der Waals surface area (Å²) in [5.74, 6) is 2.23. The van der Waals surface area contributed by atoms with Crippen molar-refractivity contribution in [3.05, 3.63) is 56.7 Å². The first-order valence-corrected chi connectivity index (χ1v) is 13.1. The van der Waals surface area contributed by atoms with E-state index >= 15 is 0 Å². The van der Waals surface area contributed by atoms with E-state index < -0.39 is 36.2 Å². The molecule has 1 saturated heterocycles. The number of hydroxylamine groups is 1. The van der Waals surface area contributed by atoms with Gasteiger partial charge in [0.15, 0.2) is 23.6 Å². The van der Waals surface area contributed by atoms with Crippen molar-refractivity contribution < 1.29 is 27.6 Å². The largest absolute Gasteiger partial charge is 0.493 e. The molecule has 220 valence electrons. The molecular formula is C27H31F3N6O5. The predicted molar refractivity (Wildman–Crippen MR) is 144 cm³/mol. The second-order valence-electron chi connectivity index (χ2n) is 9.93. The first-order chi connectivity index (χ1) is 19.4. The minimum Gasteiger partial charge on any atom is -0.327 e. The van der Waals surface area contributed by atoms with Gasteiger partial charge in [-0.15, -0.1) is 11.0 Å². The lowest BCUT2D eigenvalue weighted by Crippen LogP contribution is -2.60. The van der Waals surface area contributed by atoms with Crippen LogP contribution in [0.4, 0.5) is 24.7 Å². The number of carbonyl (C=O) groups is 2. The monoisotopic (exact) mass is 576 g/mol. The summed E-state index contributed by atoms with van der Waals surface area (Å²) in [6, 6.07) is 8.88. The molecule has 1 unspecified atom stereocenters. The summed E-state index contributed by atoms with van der Waals surface area (Å²) < 4.78 is 41.6. The van der Waals surface area contributed by atoms with Crippen LogP contribution in [0.3, 0.4) is 0 Å². The van der Waals surface area contributed by atoms with Crippen molar-refractivity contribution in [1.29, 1.82) is 0 Å². The molecule has 2 atom stereocenters. The van der Waals surface area contributed by atoms with Crippen molar-refractivity contribution in [3.63, 3.8) is 0 Å². The number of fused-ring (bicyclic) bond motifs is 1. The molecule has 41 heavy (non-hydrogen) atoms. The van der Waals surface area contributed by atoms with Gasteiger partial charge in [-0.2, -0.15) is 13.2 Å². The Hall–Kier alpha value is -4.09. The molecule has 2 N–H and O–H groups in total. The first-order valence-electron chi connectivity index (χ1n) is 13.1. The molecule has 11 nitrogen and oxygen atoms in total. The second kappa shape index (κ2) is 12.2. The number of benzene rings is 1. The van der Waals surface area contributed by atoms with E-state index in [2.05, 4.69) is 11.8 Å². The Bertz CT molecular complexity index is 1480. The summed E-state index contributed by atoms with van der Waals surface area (Å²) in [7, 11) is 1.23. The van der Waals surface area contributed by atoms with Gasteiger partial charge in [0, 0.05) is 32.6 Å². The number of carbonyl (C=O) groups excluding carboxylic acids is 2. The van der Waals surface area contributed by atoms with Gasteiger partial charge in [0.05, 0.1) is 13.1 Å². The van der Waals surface area contributed by atoms with Crippen LogP contribution in [0.15, 0.2) is 39.9 Å². The summed E-state index contributed by atoms with van der Waals surface area (Å²) in [5.41, 5.74) is 4.97. The fourth-order valence-electron chi connectivity index (χ4n) is 5.07. The van der Waals surface area contributed by atoms with Gasteiger partial charge in [-0.05, 0) is 31.7 Å². The molecule has 3 heterocycles. The Balaban J connectivity index is 1.79. The lowest BCUT2D eigenvalue weighted by atomic mass is 10.1.